The van der Waals surface area contributed by atoms with Gasteiger partial charge in [0.25, 0.3) is 0 Å². The minimum atomic E-state index is -0.368. The van der Waals surface area contributed by atoms with E-state index in [-0.39, 0.29) is 42.7 Å². The zero-order chi connectivity index (χ0) is 14.9. The maximum Gasteiger partial charge on any atom is 0.237 e. The van der Waals surface area contributed by atoms with E-state index in [1.807, 2.05) is 0 Å². The molecule has 1 unspecified atom stereocenters. The highest BCUT2D eigenvalue weighted by atomic mass is 35.5. The predicted octanol–water partition coefficient (Wildman–Crippen LogP) is 1.97. The molecule has 1 amide bonds. The summed E-state index contributed by atoms with van der Waals surface area (Å²) in [5.41, 5.74) is 6.06. The molecule has 0 aromatic heterocycles. The topological polar surface area (TPSA) is 67.6 Å². The summed E-state index contributed by atoms with van der Waals surface area (Å²) in [4.78, 5) is 14.6. The van der Waals surface area contributed by atoms with Gasteiger partial charge in [0.1, 0.15) is 0 Å². The Hall–Kier alpha value is -0.0700. The number of rotatable bonds is 6. The first-order valence-corrected chi connectivity index (χ1v) is 8.61. The van der Waals surface area contributed by atoms with Crippen LogP contribution in [-0.4, -0.2) is 56.2 Å². The third-order valence-electron chi connectivity index (χ3n) is 4.73. The molecule has 2 heterocycles. The number of hydrogen-bond donors (Lipinski definition) is 2. The van der Waals surface area contributed by atoms with Crippen molar-refractivity contribution >= 4 is 30.7 Å². The molecule has 23 heavy (non-hydrogen) atoms. The lowest BCUT2D eigenvalue weighted by Crippen LogP contribution is -2.47. The van der Waals surface area contributed by atoms with Gasteiger partial charge in [-0.15, -0.1) is 24.8 Å². The van der Waals surface area contributed by atoms with Crippen molar-refractivity contribution in [3.63, 3.8) is 0 Å². The monoisotopic (exact) mass is 369 g/mol. The number of halogens is 2. The van der Waals surface area contributed by atoms with Gasteiger partial charge in [0.2, 0.25) is 5.91 Å². The molecular weight excluding hydrogens is 337 g/mol. The minimum absolute atomic E-state index is 0. The summed E-state index contributed by atoms with van der Waals surface area (Å²) < 4.78 is 5.31. The van der Waals surface area contributed by atoms with Gasteiger partial charge in [-0.05, 0) is 57.7 Å². The molecule has 0 aromatic rings. The van der Waals surface area contributed by atoms with Gasteiger partial charge in [-0.1, -0.05) is 12.8 Å². The number of amides is 1. The van der Waals surface area contributed by atoms with Crippen LogP contribution in [0.5, 0.6) is 0 Å². The fourth-order valence-corrected chi connectivity index (χ4v) is 3.28. The first kappa shape index (κ1) is 22.9. The van der Waals surface area contributed by atoms with Crippen LogP contribution in [0.1, 0.15) is 44.9 Å². The molecule has 0 radical (unpaired) electrons. The van der Waals surface area contributed by atoms with Crippen molar-refractivity contribution in [2.24, 2.45) is 11.7 Å². The number of carbonyl (C=O) groups is 1. The Labute approximate surface area is 152 Å². The number of likely N-dealkylation sites (tertiary alicyclic amines) is 1. The van der Waals surface area contributed by atoms with Crippen LogP contribution in [0, 0.1) is 5.92 Å². The van der Waals surface area contributed by atoms with E-state index in [0.29, 0.717) is 0 Å². The second kappa shape index (κ2) is 13.2. The Kier molecular flexibility index (Phi) is 13.2. The molecule has 2 aliphatic heterocycles. The van der Waals surface area contributed by atoms with Crippen molar-refractivity contribution in [1.82, 2.24) is 10.2 Å². The van der Waals surface area contributed by atoms with Crippen molar-refractivity contribution in [2.45, 2.75) is 51.0 Å². The molecular formula is C16H33Cl2N3O2. The molecule has 1 atom stereocenters. The highest BCUT2D eigenvalue weighted by molar-refractivity contribution is 5.85. The van der Waals surface area contributed by atoms with E-state index >= 15 is 0 Å². The van der Waals surface area contributed by atoms with E-state index in [1.54, 1.807) is 0 Å². The SMILES string of the molecule is Cl.Cl.NC(C(=O)NCCCN1CCCCCC1)C1CCOCC1. The van der Waals surface area contributed by atoms with Crippen LogP contribution in [0.3, 0.4) is 0 Å². The molecule has 5 nitrogen and oxygen atoms in total. The zero-order valence-electron chi connectivity index (χ0n) is 14.0. The maximum atomic E-state index is 12.1. The first-order valence-electron chi connectivity index (χ1n) is 8.61. The fraction of sp³-hybridized carbons (Fsp3) is 0.938. The molecule has 3 N–H and O–H groups in total. The summed E-state index contributed by atoms with van der Waals surface area (Å²) in [5, 5.41) is 3.00. The van der Waals surface area contributed by atoms with Crippen molar-refractivity contribution in [1.29, 1.82) is 0 Å². The third kappa shape index (κ3) is 8.54. The van der Waals surface area contributed by atoms with Gasteiger partial charge in [-0.25, -0.2) is 0 Å². The molecule has 2 saturated heterocycles. The molecule has 0 spiro atoms. The van der Waals surface area contributed by atoms with Crippen LogP contribution in [0.25, 0.3) is 0 Å². The number of nitrogens with zero attached hydrogens (tertiary/aromatic N) is 1. The highest BCUT2D eigenvalue weighted by Crippen LogP contribution is 2.17. The maximum absolute atomic E-state index is 12.1. The summed E-state index contributed by atoms with van der Waals surface area (Å²) in [5.74, 6) is 0.294. The Morgan fingerprint density at radius 2 is 1.74 bits per heavy atom. The summed E-state index contributed by atoms with van der Waals surface area (Å²) in [7, 11) is 0. The Bertz CT molecular complexity index is 308. The second-order valence-electron chi connectivity index (χ2n) is 6.38. The van der Waals surface area contributed by atoms with Crippen molar-refractivity contribution in [2.75, 3.05) is 39.4 Å². The first-order chi connectivity index (χ1) is 10.3. The van der Waals surface area contributed by atoms with Crippen molar-refractivity contribution < 1.29 is 9.53 Å². The number of ether oxygens (including phenoxy) is 1. The molecule has 7 heteroatoms. The molecule has 0 saturated carbocycles. The summed E-state index contributed by atoms with van der Waals surface area (Å²) in [6, 6.07) is -0.368. The van der Waals surface area contributed by atoms with Crippen molar-refractivity contribution in [3.05, 3.63) is 0 Å². The second-order valence-corrected chi connectivity index (χ2v) is 6.38. The number of nitrogens with one attached hydrogen (secondary N) is 1. The zero-order valence-corrected chi connectivity index (χ0v) is 15.6. The van der Waals surface area contributed by atoms with Gasteiger partial charge >= 0.3 is 0 Å². The summed E-state index contributed by atoms with van der Waals surface area (Å²) in [6.45, 7) is 5.74. The quantitative estimate of drug-likeness (QED) is 0.702. The van der Waals surface area contributed by atoms with E-state index in [1.165, 1.54) is 38.8 Å². The average Bonchev–Trinajstić information content (AvgIpc) is 2.80. The molecule has 0 aromatic carbocycles. The van der Waals surface area contributed by atoms with Crippen LogP contribution in [0.15, 0.2) is 0 Å². The minimum Gasteiger partial charge on any atom is -0.381 e. The summed E-state index contributed by atoms with van der Waals surface area (Å²) >= 11 is 0. The molecule has 2 fully saturated rings. The van der Waals surface area contributed by atoms with Crippen LogP contribution in [0.4, 0.5) is 0 Å². The fourth-order valence-electron chi connectivity index (χ4n) is 3.28. The Balaban J connectivity index is 0.00000242. The van der Waals surface area contributed by atoms with Crippen LogP contribution in [0.2, 0.25) is 0 Å². The van der Waals surface area contributed by atoms with E-state index in [0.717, 1.165) is 45.6 Å². The lowest BCUT2D eigenvalue weighted by atomic mass is 9.92. The number of nitrogens with two attached hydrogens (primary N) is 1. The van der Waals surface area contributed by atoms with Crippen LogP contribution >= 0.6 is 24.8 Å². The van der Waals surface area contributed by atoms with Crippen LogP contribution in [-0.2, 0) is 9.53 Å². The molecule has 138 valence electrons. The van der Waals surface area contributed by atoms with E-state index < -0.39 is 0 Å². The standard InChI is InChI=1S/C16H31N3O2.2ClH/c17-15(14-6-12-21-13-7-14)16(20)18-8-5-11-19-9-3-1-2-4-10-19;;/h14-15H,1-13,17H2,(H,18,20);2*1H. The smallest absolute Gasteiger partial charge is 0.237 e. The Morgan fingerprint density at radius 1 is 1.13 bits per heavy atom. The molecule has 0 bridgehead atoms. The van der Waals surface area contributed by atoms with Gasteiger partial charge in [0.05, 0.1) is 6.04 Å². The van der Waals surface area contributed by atoms with E-state index in [9.17, 15) is 4.79 Å². The van der Waals surface area contributed by atoms with Crippen molar-refractivity contribution in [3.8, 4) is 0 Å². The normalized spacial score (nSPS) is 21.4. The third-order valence-corrected chi connectivity index (χ3v) is 4.73. The van der Waals surface area contributed by atoms with E-state index in [2.05, 4.69) is 10.2 Å². The number of hydrogen-bond acceptors (Lipinski definition) is 4. The highest BCUT2D eigenvalue weighted by Gasteiger charge is 2.26. The van der Waals surface area contributed by atoms with Gasteiger partial charge in [0, 0.05) is 19.8 Å². The lowest BCUT2D eigenvalue weighted by molar-refractivity contribution is -0.124. The molecule has 2 rings (SSSR count). The Morgan fingerprint density at radius 3 is 2.35 bits per heavy atom. The predicted molar refractivity (Wildman–Crippen MR) is 98.5 cm³/mol. The largest absolute Gasteiger partial charge is 0.381 e. The summed E-state index contributed by atoms with van der Waals surface area (Å²) in [6.07, 6.45) is 8.21. The molecule has 0 aliphatic carbocycles. The van der Waals surface area contributed by atoms with Gasteiger partial charge in [0.15, 0.2) is 0 Å². The number of carbonyl (C=O) groups excluding carboxylic acids is 1. The van der Waals surface area contributed by atoms with Crippen LogP contribution < -0.4 is 11.1 Å². The van der Waals surface area contributed by atoms with Gasteiger partial charge in [-0.2, -0.15) is 0 Å². The molecule has 2 aliphatic rings. The van der Waals surface area contributed by atoms with E-state index in [4.69, 9.17) is 10.5 Å². The average molecular weight is 370 g/mol. The lowest BCUT2D eigenvalue weighted by Gasteiger charge is -2.27. The van der Waals surface area contributed by atoms with Gasteiger partial charge in [-0.3, -0.25) is 4.79 Å². The van der Waals surface area contributed by atoms with Gasteiger partial charge < -0.3 is 20.7 Å².